The molecule has 0 bridgehead atoms. The van der Waals surface area contributed by atoms with Crippen LogP contribution in [0.4, 0.5) is 8.78 Å². The summed E-state index contributed by atoms with van der Waals surface area (Å²) >= 11 is 0. The molecule has 0 N–H and O–H groups in total. The molecule has 0 rings (SSSR count). The topological polar surface area (TPSA) is 0 Å². The zero-order valence-corrected chi connectivity index (χ0v) is 6.37. The summed E-state index contributed by atoms with van der Waals surface area (Å²) in [4.78, 5) is 0. The molecule has 10 heavy (non-hydrogen) atoms. The van der Waals surface area contributed by atoms with E-state index in [-0.39, 0.29) is 0 Å². The van der Waals surface area contributed by atoms with Crippen molar-refractivity contribution in [2.75, 3.05) is 0 Å². The summed E-state index contributed by atoms with van der Waals surface area (Å²) in [6, 6.07) is 0. The normalized spacial score (nSPS) is 7.50. The fraction of sp³-hybridized carbons (Fsp3) is 0.500. The number of rotatable bonds is 3. The van der Waals surface area contributed by atoms with Gasteiger partial charge in [0.25, 0.3) is 6.08 Å². The zero-order valence-electron chi connectivity index (χ0n) is 6.37. The Kier molecular flexibility index (Phi) is 13.5. The molecule has 0 aliphatic carbocycles. The predicted molar refractivity (Wildman–Crippen MR) is 41.1 cm³/mol. The van der Waals surface area contributed by atoms with Crippen LogP contribution in [0.3, 0.4) is 0 Å². The van der Waals surface area contributed by atoms with Gasteiger partial charge in [0.1, 0.15) is 0 Å². The number of hydrogen-bond acceptors (Lipinski definition) is 0. The molecular weight excluding hydrogens is 134 g/mol. The van der Waals surface area contributed by atoms with Gasteiger partial charge in [0, 0.05) is 0 Å². The van der Waals surface area contributed by atoms with Crippen LogP contribution in [0, 0.1) is 0 Å². The smallest absolute Gasteiger partial charge is 0.174 e. The molecule has 0 amide bonds. The van der Waals surface area contributed by atoms with Crippen LogP contribution >= 0.6 is 0 Å². The first-order chi connectivity index (χ1) is 4.65. The van der Waals surface area contributed by atoms with Crippen molar-refractivity contribution < 1.29 is 8.78 Å². The van der Waals surface area contributed by atoms with Crippen molar-refractivity contribution >= 4 is 0 Å². The summed E-state index contributed by atoms with van der Waals surface area (Å²) in [6.45, 7) is 8.00. The maximum absolute atomic E-state index is 10.1. The third-order valence-electron chi connectivity index (χ3n) is 0.762. The summed E-state index contributed by atoms with van der Waals surface area (Å²) in [5.41, 5.74) is 0. The van der Waals surface area contributed by atoms with Crippen molar-refractivity contribution in [2.45, 2.75) is 26.2 Å². The van der Waals surface area contributed by atoms with Gasteiger partial charge in [0.05, 0.1) is 0 Å². The zero-order chi connectivity index (χ0) is 8.41. The molecule has 0 aliphatic heterocycles. The van der Waals surface area contributed by atoms with Gasteiger partial charge in [0.2, 0.25) is 0 Å². The van der Waals surface area contributed by atoms with Crippen molar-refractivity contribution in [3.8, 4) is 0 Å². The first kappa shape index (κ1) is 12.1. The average Bonchev–Trinajstić information content (AvgIpc) is 1.82. The van der Waals surface area contributed by atoms with Crippen molar-refractivity contribution in [3.05, 3.63) is 25.3 Å². The van der Waals surface area contributed by atoms with Crippen molar-refractivity contribution in [2.24, 2.45) is 0 Å². The number of unbranched alkanes of at least 4 members (excludes halogenated alkanes) is 2. The molecule has 0 radical (unpaired) electrons. The average molecular weight is 148 g/mol. The molecule has 0 aliphatic rings. The van der Waals surface area contributed by atoms with E-state index in [1.807, 2.05) is 6.08 Å². The second kappa shape index (κ2) is 11.2. The predicted octanol–water partition coefficient (Wildman–Crippen LogP) is 3.76. The molecular formula is C8H14F2. The van der Waals surface area contributed by atoms with E-state index >= 15 is 0 Å². The Bertz CT molecular complexity index is 83.3. The minimum Gasteiger partial charge on any atom is -0.174 e. The highest BCUT2D eigenvalue weighted by Crippen LogP contribution is 1.91. The molecule has 0 fully saturated rings. The van der Waals surface area contributed by atoms with Gasteiger partial charge in [-0.1, -0.05) is 25.8 Å². The molecule has 0 heterocycles. The van der Waals surface area contributed by atoms with Crippen LogP contribution in [0.1, 0.15) is 26.2 Å². The summed E-state index contributed by atoms with van der Waals surface area (Å²) < 4.78 is 20.3. The van der Waals surface area contributed by atoms with Crippen LogP contribution in [0.15, 0.2) is 25.3 Å². The van der Waals surface area contributed by atoms with Crippen LogP contribution in [0.5, 0.6) is 0 Å². The van der Waals surface area contributed by atoms with E-state index in [0.717, 1.165) is 0 Å². The van der Waals surface area contributed by atoms with E-state index in [2.05, 4.69) is 20.1 Å². The summed E-state index contributed by atoms with van der Waals surface area (Å²) in [6.07, 6.45) is 3.88. The summed E-state index contributed by atoms with van der Waals surface area (Å²) in [7, 11) is 0. The quantitative estimate of drug-likeness (QED) is 0.422. The summed E-state index contributed by atoms with van der Waals surface area (Å²) in [5, 5.41) is 0. The Morgan fingerprint density at radius 1 is 1.50 bits per heavy atom. The van der Waals surface area contributed by atoms with E-state index in [4.69, 9.17) is 0 Å². The molecule has 0 unspecified atom stereocenters. The lowest BCUT2D eigenvalue weighted by Crippen LogP contribution is -1.61. The molecule has 0 aromatic carbocycles. The third kappa shape index (κ3) is 53.9. The largest absolute Gasteiger partial charge is 0.263 e. The third-order valence-corrected chi connectivity index (χ3v) is 0.762. The molecule has 0 nitrogen and oxygen atoms in total. The van der Waals surface area contributed by atoms with Gasteiger partial charge in [-0.05, 0) is 13.0 Å². The fourth-order valence-corrected chi connectivity index (χ4v) is 0.348. The maximum atomic E-state index is 10.1. The lowest BCUT2D eigenvalue weighted by atomic mass is 10.3. The highest BCUT2D eigenvalue weighted by Gasteiger charge is 1.71. The molecule has 0 aromatic rings. The lowest BCUT2D eigenvalue weighted by Gasteiger charge is -1.81. The molecule has 0 saturated heterocycles. The van der Waals surface area contributed by atoms with Gasteiger partial charge in [-0.15, -0.1) is 6.58 Å². The van der Waals surface area contributed by atoms with Crippen molar-refractivity contribution in [1.82, 2.24) is 0 Å². The van der Waals surface area contributed by atoms with Crippen LogP contribution in [-0.2, 0) is 0 Å². The van der Waals surface area contributed by atoms with Crippen molar-refractivity contribution in [1.29, 1.82) is 0 Å². The van der Waals surface area contributed by atoms with Gasteiger partial charge in [-0.2, -0.15) is 8.78 Å². The molecule has 0 aromatic heterocycles. The molecule has 0 spiro atoms. The Labute approximate surface area is 61.3 Å². The molecule has 0 saturated carbocycles. The van der Waals surface area contributed by atoms with E-state index in [1.165, 1.54) is 19.3 Å². The first-order valence-electron chi connectivity index (χ1n) is 3.26. The SMILES string of the molecule is C=C(F)F.C=CCCCC. The van der Waals surface area contributed by atoms with Crippen LogP contribution < -0.4 is 0 Å². The molecule has 2 heteroatoms. The Morgan fingerprint density at radius 2 is 1.90 bits per heavy atom. The Hall–Kier alpha value is -0.660. The van der Waals surface area contributed by atoms with Gasteiger partial charge >= 0.3 is 0 Å². The number of allylic oxidation sites excluding steroid dienone is 1. The van der Waals surface area contributed by atoms with Crippen LogP contribution in [-0.4, -0.2) is 0 Å². The van der Waals surface area contributed by atoms with E-state index in [1.54, 1.807) is 0 Å². The van der Waals surface area contributed by atoms with Crippen LogP contribution in [0.2, 0.25) is 0 Å². The highest BCUT2D eigenvalue weighted by atomic mass is 19.3. The lowest BCUT2D eigenvalue weighted by molar-refractivity contribution is 0.426. The number of hydrogen-bond donors (Lipinski definition) is 0. The maximum Gasteiger partial charge on any atom is 0.263 e. The van der Waals surface area contributed by atoms with Gasteiger partial charge in [0.15, 0.2) is 0 Å². The fourth-order valence-electron chi connectivity index (χ4n) is 0.348. The van der Waals surface area contributed by atoms with Gasteiger partial charge in [-0.25, -0.2) is 0 Å². The second-order valence-corrected chi connectivity index (χ2v) is 1.77. The van der Waals surface area contributed by atoms with Gasteiger partial charge in [-0.3, -0.25) is 0 Å². The molecule has 0 atom stereocenters. The monoisotopic (exact) mass is 148 g/mol. The van der Waals surface area contributed by atoms with Gasteiger partial charge < -0.3 is 0 Å². The summed E-state index contributed by atoms with van der Waals surface area (Å²) in [5.74, 6) is 0. The van der Waals surface area contributed by atoms with E-state index in [9.17, 15) is 8.78 Å². The second-order valence-electron chi connectivity index (χ2n) is 1.77. The highest BCUT2D eigenvalue weighted by molar-refractivity contribution is 4.64. The Morgan fingerprint density at radius 3 is 2.00 bits per heavy atom. The minimum absolute atomic E-state index is 1.18. The van der Waals surface area contributed by atoms with Crippen LogP contribution in [0.25, 0.3) is 0 Å². The standard InChI is InChI=1S/C6H12.C2H2F2/c1-3-5-6-4-2;1-2(3)4/h3H,1,4-6H2,2H3;1H2. The first-order valence-corrected chi connectivity index (χ1v) is 3.26. The molecule has 60 valence electrons. The van der Waals surface area contributed by atoms with E-state index in [0.29, 0.717) is 0 Å². The van der Waals surface area contributed by atoms with Crippen molar-refractivity contribution in [3.63, 3.8) is 0 Å². The van der Waals surface area contributed by atoms with E-state index < -0.39 is 6.08 Å². The minimum atomic E-state index is -1.83. The number of halogens is 2. The Balaban J connectivity index is 0.